The lowest BCUT2D eigenvalue weighted by Crippen LogP contribution is -2.07. The summed E-state index contributed by atoms with van der Waals surface area (Å²) in [5, 5.41) is 8.44. The Labute approximate surface area is 84.5 Å². The average molecular weight is 216 g/mol. The molecule has 1 saturated carbocycles. The standard InChI is InChI=1S/C9H7ClFNO2/c10-8-7(11)6(9(13)14)5(3-12-8)4-1-2-4/h3-4H,1-2H2,(H,13,14). The molecule has 0 saturated heterocycles. The van der Waals surface area contributed by atoms with Crippen molar-refractivity contribution in [1.29, 1.82) is 0 Å². The van der Waals surface area contributed by atoms with Crippen LogP contribution in [0.2, 0.25) is 5.15 Å². The Balaban J connectivity index is 2.59. The van der Waals surface area contributed by atoms with Crippen molar-refractivity contribution in [3.63, 3.8) is 0 Å². The summed E-state index contributed by atoms with van der Waals surface area (Å²) in [7, 11) is 0. The van der Waals surface area contributed by atoms with Crippen LogP contribution < -0.4 is 0 Å². The van der Waals surface area contributed by atoms with Gasteiger partial charge in [-0.2, -0.15) is 0 Å². The Bertz CT molecular complexity index is 404. The normalized spacial score (nSPS) is 15.6. The third-order valence-corrected chi connectivity index (χ3v) is 2.50. The second-order valence-electron chi connectivity index (χ2n) is 3.27. The Kier molecular flexibility index (Phi) is 2.15. The topological polar surface area (TPSA) is 50.2 Å². The first-order chi connectivity index (χ1) is 6.61. The molecule has 2 rings (SSSR count). The zero-order chi connectivity index (χ0) is 10.3. The number of aromatic nitrogens is 1. The number of rotatable bonds is 2. The van der Waals surface area contributed by atoms with E-state index in [-0.39, 0.29) is 16.6 Å². The minimum atomic E-state index is -1.28. The first-order valence-electron chi connectivity index (χ1n) is 4.18. The van der Waals surface area contributed by atoms with Crippen molar-refractivity contribution in [3.05, 3.63) is 28.3 Å². The molecule has 1 aliphatic rings. The molecule has 0 aromatic carbocycles. The highest BCUT2D eigenvalue weighted by molar-refractivity contribution is 6.29. The summed E-state index contributed by atoms with van der Waals surface area (Å²) in [4.78, 5) is 14.4. The molecule has 0 radical (unpaired) electrons. The van der Waals surface area contributed by atoms with E-state index in [1.54, 1.807) is 0 Å². The molecule has 5 heteroatoms. The summed E-state index contributed by atoms with van der Waals surface area (Å²) >= 11 is 5.41. The highest BCUT2D eigenvalue weighted by Crippen LogP contribution is 2.42. The first-order valence-corrected chi connectivity index (χ1v) is 4.56. The van der Waals surface area contributed by atoms with Crippen LogP contribution in [0.25, 0.3) is 0 Å². The SMILES string of the molecule is O=C(O)c1c(C2CC2)cnc(Cl)c1F. The molecule has 0 bridgehead atoms. The number of hydrogen-bond donors (Lipinski definition) is 1. The van der Waals surface area contributed by atoms with E-state index in [2.05, 4.69) is 4.98 Å². The van der Waals surface area contributed by atoms with Gasteiger partial charge in [-0.15, -0.1) is 0 Å². The van der Waals surface area contributed by atoms with Crippen LogP contribution in [0.3, 0.4) is 0 Å². The molecule has 3 nitrogen and oxygen atoms in total. The minimum Gasteiger partial charge on any atom is -0.478 e. The lowest BCUT2D eigenvalue weighted by molar-refractivity contribution is 0.0690. The molecule has 0 amide bonds. The summed E-state index contributed by atoms with van der Waals surface area (Å²) in [6.45, 7) is 0. The molecule has 0 aliphatic heterocycles. The van der Waals surface area contributed by atoms with E-state index in [9.17, 15) is 9.18 Å². The smallest absolute Gasteiger partial charge is 0.339 e. The van der Waals surface area contributed by atoms with E-state index in [0.717, 1.165) is 12.8 Å². The van der Waals surface area contributed by atoms with Crippen LogP contribution in [0.1, 0.15) is 34.7 Å². The number of halogens is 2. The quantitative estimate of drug-likeness (QED) is 0.771. The maximum absolute atomic E-state index is 13.3. The van der Waals surface area contributed by atoms with Gasteiger partial charge in [0, 0.05) is 6.20 Å². The monoisotopic (exact) mass is 215 g/mol. The maximum Gasteiger partial charge on any atom is 0.339 e. The predicted molar refractivity (Wildman–Crippen MR) is 48.1 cm³/mol. The van der Waals surface area contributed by atoms with Crippen molar-refractivity contribution < 1.29 is 14.3 Å². The Morgan fingerprint density at radius 1 is 1.64 bits per heavy atom. The van der Waals surface area contributed by atoms with Crippen LogP contribution in [-0.4, -0.2) is 16.1 Å². The lowest BCUT2D eigenvalue weighted by Gasteiger charge is -2.05. The van der Waals surface area contributed by atoms with Gasteiger partial charge >= 0.3 is 5.97 Å². The van der Waals surface area contributed by atoms with E-state index in [1.165, 1.54) is 6.20 Å². The highest BCUT2D eigenvalue weighted by Gasteiger charge is 2.31. The van der Waals surface area contributed by atoms with Crippen LogP contribution in [0, 0.1) is 5.82 Å². The molecular formula is C9H7ClFNO2. The number of aromatic carboxylic acids is 1. The van der Waals surface area contributed by atoms with Crippen LogP contribution in [0.15, 0.2) is 6.20 Å². The second kappa shape index (κ2) is 3.20. The van der Waals surface area contributed by atoms with E-state index in [1.807, 2.05) is 0 Å². The highest BCUT2D eigenvalue weighted by atomic mass is 35.5. The zero-order valence-electron chi connectivity index (χ0n) is 7.13. The maximum atomic E-state index is 13.3. The average Bonchev–Trinajstić information content (AvgIpc) is 2.91. The summed E-state index contributed by atoms with van der Waals surface area (Å²) < 4.78 is 13.3. The van der Waals surface area contributed by atoms with Crippen molar-refractivity contribution in [2.75, 3.05) is 0 Å². The fourth-order valence-electron chi connectivity index (χ4n) is 1.40. The molecule has 1 N–H and O–H groups in total. The van der Waals surface area contributed by atoms with Gasteiger partial charge in [-0.05, 0) is 24.3 Å². The molecule has 1 heterocycles. The molecule has 74 valence electrons. The van der Waals surface area contributed by atoms with Crippen LogP contribution in [0.4, 0.5) is 4.39 Å². The van der Waals surface area contributed by atoms with Gasteiger partial charge in [0.1, 0.15) is 5.56 Å². The van der Waals surface area contributed by atoms with Crippen molar-refractivity contribution in [1.82, 2.24) is 4.98 Å². The van der Waals surface area contributed by atoms with Gasteiger partial charge in [-0.25, -0.2) is 14.2 Å². The van der Waals surface area contributed by atoms with Crippen LogP contribution >= 0.6 is 11.6 Å². The minimum absolute atomic E-state index is 0.139. The number of nitrogens with zero attached hydrogens (tertiary/aromatic N) is 1. The first kappa shape index (κ1) is 9.40. The van der Waals surface area contributed by atoms with Crippen molar-refractivity contribution >= 4 is 17.6 Å². The summed E-state index contributed by atoms with van der Waals surface area (Å²) in [5.74, 6) is -2.07. The van der Waals surface area contributed by atoms with Crippen molar-refractivity contribution in [2.24, 2.45) is 0 Å². The Morgan fingerprint density at radius 3 is 2.79 bits per heavy atom. The number of hydrogen-bond acceptors (Lipinski definition) is 2. The zero-order valence-corrected chi connectivity index (χ0v) is 7.88. The van der Waals surface area contributed by atoms with Gasteiger partial charge in [-0.1, -0.05) is 11.6 Å². The number of pyridine rings is 1. The third-order valence-electron chi connectivity index (χ3n) is 2.24. The van der Waals surface area contributed by atoms with E-state index < -0.39 is 11.8 Å². The summed E-state index contributed by atoms with van der Waals surface area (Å²) in [6.07, 6.45) is 3.14. The van der Waals surface area contributed by atoms with Crippen molar-refractivity contribution in [2.45, 2.75) is 18.8 Å². The summed E-state index contributed by atoms with van der Waals surface area (Å²) in [6, 6.07) is 0. The van der Waals surface area contributed by atoms with Crippen LogP contribution in [-0.2, 0) is 0 Å². The number of carboxylic acids is 1. The summed E-state index contributed by atoms with van der Waals surface area (Å²) in [5.41, 5.74) is 0.131. The molecule has 0 spiro atoms. The Hall–Kier alpha value is -1.16. The molecule has 1 aliphatic carbocycles. The fraction of sp³-hybridized carbons (Fsp3) is 0.333. The molecule has 1 aromatic rings. The molecule has 14 heavy (non-hydrogen) atoms. The fourth-order valence-corrected chi connectivity index (χ4v) is 1.54. The lowest BCUT2D eigenvalue weighted by atomic mass is 10.1. The van der Waals surface area contributed by atoms with E-state index >= 15 is 0 Å². The van der Waals surface area contributed by atoms with E-state index in [0.29, 0.717) is 5.56 Å². The number of carbonyl (C=O) groups is 1. The van der Waals surface area contributed by atoms with Crippen LogP contribution in [0.5, 0.6) is 0 Å². The molecule has 1 fully saturated rings. The van der Waals surface area contributed by atoms with Crippen molar-refractivity contribution in [3.8, 4) is 0 Å². The molecular weight excluding hydrogens is 209 g/mol. The van der Waals surface area contributed by atoms with Gasteiger partial charge in [0.2, 0.25) is 0 Å². The largest absolute Gasteiger partial charge is 0.478 e. The molecule has 0 atom stereocenters. The second-order valence-corrected chi connectivity index (χ2v) is 3.63. The number of carboxylic acid groups (broad SMARTS) is 1. The molecule has 1 aromatic heterocycles. The van der Waals surface area contributed by atoms with E-state index in [4.69, 9.17) is 16.7 Å². The van der Waals surface area contributed by atoms with Gasteiger partial charge in [0.25, 0.3) is 0 Å². The van der Waals surface area contributed by atoms with Gasteiger partial charge < -0.3 is 5.11 Å². The molecule has 0 unspecified atom stereocenters. The third kappa shape index (κ3) is 1.46. The Morgan fingerprint density at radius 2 is 2.29 bits per heavy atom. The van der Waals surface area contributed by atoms with Gasteiger partial charge in [-0.3, -0.25) is 0 Å². The predicted octanol–water partition coefficient (Wildman–Crippen LogP) is 2.45. The van der Waals surface area contributed by atoms with Gasteiger partial charge in [0.05, 0.1) is 0 Å². The van der Waals surface area contributed by atoms with Gasteiger partial charge in [0.15, 0.2) is 11.0 Å².